The molecule has 3 rings (SSSR count). The lowest BCUT2D eigenvalue weighted by Gasteiger charge is -2.20. The van der Waals surface area contributed by atoms with E-state index in [1.165, 1.54) is 24.0 Å². The minimum Gasteiger partial charge on any atom is -0.508 e. The molecule has 0 saturated carbocycles. The van der Waals surface area contributed by atoms with Crippen LogP contribution >= 0.6 is 0 Å². The van der Waals surface area contributed by atoms with Crippen molar-refractivity contribution in [3.63, 3.8) is 0 Å². The maximum absolute atomic E-state index is 10.3. The van der Waals surface area contributed by atoms with Gasteiger partial charge < -0.3 is 15.7 Å². The molecule has 6 nitrogen and oxygen atoms in total. The van der Waals surface area contributed by atoms with Crippen molar-refractivity contribution in [1.82, 2.24) is 20.4 Å². The van der Waals surface area contributed by atoms with Crippen LogP contribution in [0.4, 0.5) is 0 Å². The molecular formula is C19H27N5O. The fourth-order valence-electron chi connectivity index (χ4n) is 3.32. The lowest BCUT2D eigenvalue weighted by Crippen LogP contribution is -2.37. The number of phenols is 1. The van der Waals surface area contributed by atoms with Gasteiger partial charge in [-0.1, -0.05) is 6.07 Å². The normalized spacial score (nSPS) is 14.2. The molecular weight excluding hydrogens is 314 g/mol. The first kappa shape index (κ1) is 17.3. The number of hydrogen-bond acceptors (Lipinski definition) is 3. The van der Waals surface area contributed by atoms with Crippen LogP contribution < -0.4 is 10.6 Å². The molecule has 1 aromatic carbocycles. The van der Waals surface area contributed by atoms with Crippen LogP contribution in [0.2, 0.25) is 0 Å². The Hall–Kier alpha value is -2.50. The molecule has 1 aliphatic carbocycles. The molecule has 0 spiro atoms. The van der Waals surface area contributed by atoms with Crippen molar-refractivity contribution < 1.29 is 5.11 Å². The molecule has 0 amide bonds. The van der Waals surface area contributed by atoms with E-state index >= 15 is 0 Å². The summed E-state index contributed by atoms with van der Waals surface area (Å²) in [6, 6.07) is 5.85. The molecule has 25 heavy (non-hydrogen) atoms. The van der Waals surface area contributed by atoms with Crippen molar-refractivity contribution in [3.05, 3.63) is 46.8 Å². The van der Waals surface area contributed by atoms with E-state index in [4.69, 9.17) is 0 Å². The quantitative estimate of drug-likeness (QED) is 0.576. The first-order valence-corrected chi connectivity index (χ1v) is 9.00. The number of hydrogen-bond donors (Lipinski definition) is 3. The predicted octanol–water partition coefficient (Wildman–Crippen LogP) is 2.26. The molecule has 0 unspecified atom stereocenters. The Kier molecular flexibility index (Phi) is 5.58. The van der Waals surface area contributed by atoms with Gasteiger partial charge in [-0.25, -0.2) is 4.99 Å². The molecule has 0 bridgehead atoms. The minimum atomic E-state index is 0.354. The Morgan fingerprint density at radius 3 is 2.84 bits per heavy atom. The Labute approximate surface area is 149 Å². The Balaban J connectivity index is 1.74. The first-order chi connectivity index (χ1) is 12.2. The largest absolute Gasteiger partial charge is 0.508 e. The summed E-state index contributed by atoms with van der Waals surface area (Å²) >= 11 is 0. The maximum atomic E-state index is 10.3. The third-order valence-corrected chi connectivity index (χ3v) is 4.73. The van der Waals surface area contributed by atoms with Crippen molar-refractivity contribution in [3.8, 4) is 5.75 Å². The molecule has 0 atom stereocenters. The summed E-state index contributed by atoms with van der Waals surface area (Å²) in [5.41, 5.74) is 4.71. The van der Waals surface area contributed by atoms with Gasteiger partial charge in [0.05, 0.1) is 18.8 Å². The van der Waals surface area contributed by atoms with Gasteiger partial charge in [0, 0.05) is 25.4 Å². The summed E-state index contributed by atoms with van der Waals surface area (Å²) in [7, 11) is 1.93. The van der Waals surface area contributed by atoms with Gasteiger partial charge in [0.25, 0.3) is 0 Å². The molecule has 1 aliphatic rings. The highest BCUT2D eigenvalue weighted by Gasteiger charge is 2.16. The Morgan fingerprint density at radius 2 is 2.08 bits per heavy atom. The second-order valence-electron chi connectivity index (χ2n) is 6.40. The first-order valence-electron chi connectivity index (χ1n) is 9.00. The zero-order chi connectivity index (χ0) is 17.6. The highest BCUT2D eigenvalue weighted by Crippen LogP contribution is 2.30. The van der Waals surface area contributed by atoms with Gasteiger partial charge in [-0.15, -0.1) is 0 Å². The predicted molar refractivity (Wildman–Crippen MR) is 99.6 cm³/mol. The van der Waals surface area contributed by atoms with E-state index in [0.717, 1.165) is 36.6 Å². The molecule has 0 radical (unpaired) electrons. The van der Waals surface area contributed by atoms with Crippen molar-refractivity contribution in [2.24, 2.45) is 12.0 Å². The van der Waals surface area contributed by atoms with Crippen LogP contribution in [-0.4, -0.2) is 27.4 Å². The topological polar surface area (TPSA) is 74.5 Å². The molecule has 2 aromatic rings. The van der Waals surface area contributed by atoms with E-state index in [1.54, 1.807) is 6.20 Å². The molecule has 1 heterocycles. The van der Waals surface area contributed by atoms with Gasteiger partial charge in [0.2, 0.25) is 0 Å². The van der Waals surface area contributed by atoms with Crippen LogP contribution in [0, 0.1) is 0 Å². The van der Waals surface area contributed by atoms with Crippen LogP contribution in [0.3, 0.4) is 0 Å². The number of guanidine groups is 1. The second kappa shape index (κ2) is 8.05. The van der Waals surface area contributed by atoms with Crippen molar-refractivity contribution in [2.75, 3.05) is 6.54 Å². The summed E-state index contributed by atoms with van der Waals surface area (Å²) in [6.45, 7) is 3.97. The SMILES string of the molecule is CCNC(=NCc1c(O)ccc2c1CCCC2)NCc1ccnn1C. The monoisotopic (exact) mass is 341 g/mol. The van der Waals surface area contributed by atoms with Gasteiger partial charge in [0.15, 0.2) is 5.96 Å². The highest BCUT2D eigenvalue weighted by atomic mass is 16.3. The van der Waals surface area contributed by atoms with E-state index in [1.807, 2.05) is 30.8 Å². The van der Waals surface area contributed by atoms with Gasteiger partial charge in [-0.2, -0.15) is 5.10 Å². The molecule has 134 valence electrons. The summed E-state index contributed by atoms with van der Waals surface area (Å²) < 4.78 is 1.84. The van der Waals surface area contributed by atoms with E-state index in [-0.39, 0.29) is 0 Å². The van der Waals surface area contributed by atoms with Crippen molar-refractivity contribution in [2.45, 2.75) is 45.7 Å². The van der Waals surface area contributed by atoms with Crippen molar-refractivity contribution in [1.29, 1.82) is 0 Å². The number of rotatable bonds is 5. The smallest absolute Gasteiger partial charge is 0.191 e. The van der Waals surface area contributed by atoms with Gasteiger partial charge in [-0.3, -0.25) is 4.68 Å². The lowest BCUT2D eigenvalue weighted by molar-refractivity contribution is 0.465. The highest BCUT2D eigenvalue weighted by molar-refractivity contribution is 5.79. The second-order valence-corrected chi connectivity index (χ2v) is 6.40. The van der Waals surface area contributed by atoms with Gasteiger partial charge in [-0.05, 0) is 55.9 Å². The number of aromatic hydroxyl groups is 1. The number of aromatic nitrogens is 2. The number of nitrogens with one attached hydrogen (secondary N) is 2. The third kappa shape index (κ3) is 4.13. The van der Waals surface area contributed by atoms with Gasteiger partial charge >= 0.3 is 0 Å². The zero-order valence-corrected chi connectivity index (χ0v) is 15.0. The number of phenolic OH excluding ortho intramolecular Hbond substituents is 1. The average molecular weight is 341 g/mol. The molecule has 0 saturated heterocycles. The van der Waals surface area contributed by atoms with E-state index in [0.29, 0.717) is 18.8 Å². The molecule has 0 fully saturated rings. The van der Waals surface area contributed by atoms with Crippen LogP contribution in [0.25, 0.3) is 0 Å². The molecule has 6 heteroatoms. The van der Waals surface area contributed by atoms with Crippen LogP contribution in [0.5, 0.6) is 5.75 Å². The van der Waals surface area contributed by atoms with E-state index in [2.05, 4.69) is 26.8 Å². The summed E-state index contributed by atoms with van der Waals surface area (Å²) in [5, 5.41) is 21.1. The maximum Gasteiger partial charge on any atom is 0.191 e. The Morgan fingerprint density at radius 1 is 1.24 bits per heavy atom. The lowest BCUT2D eigenvalue weighted by atomic mass is 9.88. The summed E-state index contributed by atoms with van der Waals surface area (Å²) in [4.78, 5) is 4.69. The van der Waals surface area contributed by atoms with E-state index < -0.39 is 0 Å². The van der Waals surface area contributed by atoms with Crippen molar-refractivity contribution >= 4 is 5.96 Å². The fourth-order valence-corrected chi connectivity index (χ4v) is 3.32. The van der Waals surface area contributed by atoms with Crippen LogP contribution in [-0.2, 0) is 33.0 Å². The minimum absolute atomic E-state index is 0.354. The average Bonchev–Trinajstić information content (AvgIpc) is 3.03. The molecule has 3 N–H and O–H groups in total. The number of nitrogens with zero attached hydrogens (tertiary/aromatic N) is 3. The zero-order valence-electron chi connectivity index (χ0n) is 15.0. The molecule has 0 aliphatic heterocycles. The number of aryl methyl sites for hydroxylation is 2. The van der Waals surface area contributed by atoms with Crippen LogP contribution in [0.1, 0.15) is 42.1 Å². The standard InChI is InChI=1S/C19H27N5O/c1-3-20-19(21-12-15-10-11-23-24(15)2)22-13-17-16-7-5-4-6-14(16)8-9-18(17)25/h8-11,25H,3-7,12-13H2,1-2H3,(H2,20,21,22). The van der Waals surface area contributed by atoms with E-state index in [9.17, 15) is 5.11 Å². The van der Waals surface area contributed by atoms with Crippen LogP contribution in [0.15, 0.2) is 29.4 Å². The number of aliphatic imine (C=N–C) groups is 1. The number of fused-ring (bicyclic) bond motifs is 1. The summed E-state index contributed by atoms with van der Waals surface area (Å²) in [5.74, 6) is 1.10. The Bertz CT molecular complexity index is 750. The fraction of sp³-hybridized carbons (Fsp3) is 0.474. The summed E-state index contributed by atoms with van der Waals surface area (Å²) in [6.07, 6.45) is 6.34. The van der Waals surface area contributed by atoms with Gasteiger partial charge in [0.1, 0.15) is 5.75 Å². The molecule has 1 aromatic heterocycles. The third-order valence-electron chi connectivity index (χ3n) is 4.73. The number of benzene rings is 1.